The van der Waals surface area contributed by atoms with Crippen molar-refractivity contribution in [3.05, 3.63) is 29.1 Å². The molecule has 1 amide bonds. The Labute approximate surface area is 120 Å². The van der Waals surface area contributed by atoms with Gasteiger partial charge in [-0.15, -0.1) is 11.6 Å². The van der Waals surface area contributed by atoms with Gasteiger partial charge >= 0.3 is 0 Å². The summed E-state index contributed by atoms with van der Waals surface area (Å²) >= 11 is 6.13. The smallest absolute Gasteiger partial charge is 0.255 e. The summed E-state index contributed by atoms with van der Waals surface area (Å²) in [6.45, 7) is 7.47. The van der Waals surface area contributed by atoms with Gasteiger partial charge in [0.1, 0.15) is 0 Å². The fraction of sp³-hybridized carbons (Fsp3) is 0.600. The van der Waals surface area contributed by atoms with Crippen molar-refractivity contribution in [1.29, 1.82) is 0 Å². The summed E-state index contributed by atoms with van der Waals surface area (Å²) in [5.41, 5.74) is 2.49. The number of carbonyl (C=O) groups is 1. The monoisotopic (exact) mass is 280 g/mol. The highest BCUT2D eigenvalue weighted by Gasteiger charge is 2.26. The fourth-order valence-electron chi connectivity index (χ4n) is 2.64. The number of piperidine rings is 1. The molecule has 1 saturated heterocycles. The second kappa shape index (κ2) is 5.91. The molecule has 0 N–H and O–H groups in total. The maximum Gasteiger partial charge on any atom is 0.255 e. The zero-order valence-corrected chi connectivity index (χ0v) is 12.6. The van der Waals surface area contributed by atoms with Gasteiger partial charge in [-0.3, -0.25) is 9.78 Å². The summed E-state index contributed by atoms with van der Waals surface area (Å²) < 4.78 is 0. The zero-order chi connectivity index (χ0) is 14.0. The van der Waals surface area contributed by atoms with Gasteiger partial charge in [0, 0.05) is 24.2 Å². The Morgan fingerprint density at radius 3 is 2.53 bits per heavy atom. The molecule has 3 nitrogen and oxygen atoms in total. The number of rotatable bonds is 2. The van der Waals surface area contributed by atoms with Crippen molar-refractivity contribution in [2.75, 3.05) is 13.1 Å². The van der Waals surface area contributed by atoms with E-state index in [1.807, 2.05) is 37.8 Å². The van der Waals surface area contributed by atoms with Gasteiger partial charge < -0.3 is 4.90 Å². The number of amides is 1. The molecule has 0 radical (unpaired) electrons. The molecule has 0 saturated carbocycles. The largest absolute Gasteiger partial charge is 0.339 e. The molecule has 4 heteroatoms. The Hall–Kier alpha value is -1.09. The number of hydrogen-bond donors (Lipinski definition) is 0. The van der Waals surface area contributed by atoms with Crippen molar-refractivity contribution in [3.8, 4) is 0 Å². The topological polar surface area (TPSA) is 33.2 Å². The van der Waals surface area contributed by atoms with E-state index < -0.39 is 0 Å². The predicted molar refractivity (Wildman–Crippen MR) is 77.7 cm³/mol. The minimum atomic E-state index is 0.102. The third kappa shape index (κ3) is 3.27. The van der Waals surface area contributed by atoms with Gasteiger partial charge in [-0.1, -0.05) is 0 Å². The maximum atomic E-state index is 12.5. The third-order valence-corrected chi connectivity index (χ3v) is 4.29. The van der Waals surface area contributed by atoms with Gasteiger partial charge in [-0.2, -0.15) is 0 Å². The molecule has 1 aliphatic heterocycles. The first-order chi connectivity index (χ1) is 8.99. The van der Waals surface area contributed by atoms with Gasteiger partial charge in [-0.05, 0) is 51.7 Å². The number of hydrogen-bond acceptors (Lipinski definition) is 2. The second-order valence-electron chi connectivity index (χ2n) is 5.39. The Balaban J connectivity index is 2.05. The number of halogens is 1. The number of carbonyl (C=O) groups excluding carboxylic acids is 1. The average Bonchev–Trinajstić information content (AvgIpc) is 2.38. The second-order valence-corrected chi connectivity index (χ2v) is 6.08. The van der Waals surface area contributed by atoms with E-state index in [0.717, 1.165) is 42.9 Å². The normalized spacial score (nSPS) is 18.4. The van der Waals surface area contributed by atoms with E-state index in [9.17, 15) is 4.79 Å². The predicted octanol–water partition coefficient (Wildman–Crippen LogP) is 3.18. The molecular weight excluding hydrogens is 260 g/mol. The van der Waals surface area contributed by atoms with E-state index >= 15 is 0 Å². The van der Waals surface area contributed by atoms with Crippen LogP contribution in [0.25, 0.3) is 0 Å². The molecule has 0 bridgehead atoms. The molecule has 2 rings (SSSR count). The standard InChI is InChI=1S/C15H21ClN2O/c1-10-4-5-14(12(3)17-10)15(19)18-8-6-13(7-9-18)11(2)16/h4-5,11,13H,6-9H2,1-3H3. The lowest BCUT2D eigenvalue weighted by molar-refractivity contribution is 0.0689. The highest BCUT2D eigenvalue weighted by molar-refractivity contribution is 6.20. The Bertz CT molecular complexity index is 465. The molecule has 1 fully saturated rings. The molecule has 0 spiro atoms. The average molecular weight is 281 g/mol. The molecule has 1 aromatic rings. The minimum absolute atomic E-state index is 0.102. The molecule has 1 atom stereocenters. The van der Waals surface area contributed by atoms with Gasteiger partial charge in [0.15, 0.2) is 0 Å². The lowest BCUT2D eigenvalue weighted by atomic mass is 9.93. The number of likely N-dealkylation sites (tertiary alicyclic amines) is 1. The van der Waals surface area contributed by atoms with Crippen molar-refractivity contribution in [3.63, 3.8) is 0 Å². The summed E-state index contributed by atoms with van der Waals surface area (Å²) in [6.07, 6.45) is 1.99. The number of pyridine rings is 1. The molecule has 1 aromatic heterocycles. The van der Waals surface area contributed by atoms with E-state index in [2.05, 4.69) is 4.98 Å². The Morgan fingerprint density at radius 2 is 2.00 bits per heavy atom. The fourth-order valence-corrected chi connectivity index (χ4v) is 2.90. The van der Waals surface area contributed by atoms with Crippen LogP contribution in [-0.2, 0) is 0 Å². The van der Waals surface area contributed by atoms with Crippen LogP contribution in [-0.4, -0.2) is 34.3 Å². The molecular formula is C15H21ClN2O. The summed E-state index contributed by atoms with van der Waals surface area (Å²) in [7, 11) is 0. The Kier molecular flexibility index (Phi) is 4.46. The number of nitrogens with zero attached hydrogens (tertiary/aromatic N) is 2. The van der Waals surface area contributed by atoms with Crippen LogP contribution in [0.15, 0.2) is 12.1 Å². The molecule has 1 unspecified atom stereocenters. The SMILES string of the molecule is Cc1ccc(C(=O)N2CCC(C(C)Cl)CC2)c(C)n1. The summed E-state index contributed by atoms with van der Waals surface area (Å²) in [4.78, 5) is 18.8. The molecule has 0 aromatic carbocycles. The summed E-state index contributed by atoms with van der Waals surface area (Å²) in [6, 6.07) is 3.78. The van der Waals surface area contributed by atoms with Crippen LogP contribution in [0.3, 0.4) is 0 Å². The quantitative estimate of drug-likeness (QED) is 0.780. The van der Waals surface area contributed by atoms with E-state index in [-0.39, 0.29) is 11.3 Å². The van der Waals surface area contributed by atoms with Crippen molar-refractivity contribution in [2.45, 2.75) is 39.0 Å². The van der Waals surface area contributed by atoms with Crippen molar-refractivity contribution in [2.24, 2.45) is 5.92 Å². The van der Waals surface area contributed by atoms with Gasteiger partial charge in [0.05, 0.1) is 11.3 Å². The maximum absolute atomic E-state index is 12.5. The molecule has 19 heavy (non-hydrogen) atoms. The number of alkyl halides is 1. The van der Waals surface area contributed by atoms with Crippen LogP contribution in [0.2, 0.25) is 0 Å². The Morgan fingerprint density at radius 1 is 1.37 bits per heavy atom. The first-order valence-corrected chi connectivity index (χ1v) is 7.30. The summed E-state index contributed by atoms with van der Waals surface area (Å²) in [5.74, 6) is 0.633. The van der Waals surface area contributed by atoms with Crippen molar-refractivity contribution in [1.82, 2.24) is 9.88 Å². The molecule has 0 aliphatic carbocycles. The highest BCUT2D eigenvalue weighted by Crippen LogP contribution is 2.25. The zero-order valence-electron chi connectivity index (χ0n) is 11.8. The minimum Gasteiger partial charge on any atom is -0.339 e. The van der Waals surface area contributed by atoms with Crippen molar-refractivity contribution < 1.29 is 4.79 Å². The van der Waals surface area contributed by atoms with E-state index in [0.29, 0.717) is 5.92 Å². The van der Waals surface area contributed by atoms with E-state index in [1.165, 1.54) is 0 Å². The molecule has 1 aliphatic rings. The number of aryl methyl sites for hydroxylation is 2. The van der Waals surface area contributed by atoms with Crippen LogP contribution in [0.1, 0.15) is 41.5 Å². The lowest BCUT2D eigenvalue weighted by Crippen LogP contribution is -2.40. The highest BCUT2D eigenvalue weighted by atomic mass is 35.5. The van der Waals surface area contributed by atoms with Crippen LogP contribution < -0.4 is 0 Å². The van der Waals surface area contributed by atoms with Crippen LogP contribution in [0.4, 0.5) is 0 Å². The molecule has 104 valence electrons. The van der Waals surface area contributed by atoms with E-state index in [1.54, 1.807) is 0 Å². The summed E-state index contributed by atoms with van der Waals surface area (Å²) in [5, 5.41) is 0.194. The first-order valence-electron chi connectivity index (χ1n) is 6.86. The van der Waals surface area contributed by atoms with Gasteiger partial charge in [0.2, 0.25) is 0 Å². The van der Waals surface area contributed by atoms with Crippen molar-refractivity contribution >= 4 is 17.5 Å². The van der Waals surface area contributed by atoms with Crippen LogP contribution in [0, 0.1) is 19.8 Å². The lowest BCUT2D eigenvalue weighted by Gasteiger charge is -2.33. The third-order valence-electron chi connectivity index (χ3n) is 3.93. The van der Waals surface area contributed by atoms with Crippen LogP contribution >= 0.6 is 11.6 Å². The number of aromatic nitrogens is 1. The van der Waals surface area contributed by atoms with Gasteiger partial charge in [0.25, 0.3) is 5.91 Å². The van der Waals surface area contributed by atoms with Gasteiger partial charge in [-0.25, -0.2) is 0 Å². The van der Waals surface area contributed by atoms with Crippen LogP contribution in [0.5, 0.6) is 0 Å². The van der Waals surface area contributed by atoms with E-state index in [4.69, 9.17) is 11.6 Å². The first kappa shape index (κ1) is 14.3. The molecule has 2 heterocycles.